The maximum Gasteiger partial charge on any atom is 0.309 e. The van der Waals surface area contributed by atoms with Crippen molar-refractivity contribution in [1.29, 1.82) is 0 Å². The molecule has 0 amide bonds. The Bertz CT molecular complexity index is 505. The fourth-order valence-electron chi connectivity index (χ4n) is 1.59. The van der Waals surface area contributed by atoms with E-state index in [4.69, 9.17) is 0 Å². The molecule has 94 valence electrons. The first-order chi connectivity index (χ1) is 7.88. The molecule has 0 saturated heterocycles. The Morgan fingerprint density at radius 2 is 1.94 bits per heavy atom. The van der Waals surface area contributed by atoms with Crippen LogP contribution in [-0.2, 0) is 19.4 Å². The van der Waals surface area contributed by atoms with Crippen LogP contribution in [0.15, 0.2) is 29.2 Å². The molecular formula is C12H16O4S. The first-order valence-electron chi connectivity index (χ1n) is 5.24. The van der Waals surface area contributed by atoms with Gasteiger partial charge in [0, 0.05) is 0 Å². The molecule has 0 aliphatic carbocycles. The topological polar surface area (TPSA) is 60.4 Å². The van der Waals surface area contributed by atoms with E-state index in [1.165, 1.54) is 7.11 Å². The lowest BCUT2D eigenvalue weighted by Gasteiger charge is -2.11. The monoisotopic (exact) mass is 256 g/mol. The lowest BCUT2D eigenvalue weighted by atomic mass is 10.2. The summed E-state index contributed by atoms with van der Waals surface area (Å²) in [4.78, 5) is 11.5. The Labute approximate surface area is 102 Å². The molecule has 0 aliphatic rings. The smallest absolute Gasteiger partial charge is 0.309 e. The number of sulfone groups is 1. The second-order valence-corrected chi connectivity index (χ2v) is 5.97. The Morgan fingerprint density at radius 3 is 2.47 bits per heavy atom. The fourth-order valence-corrected chi connectivity index (χ4v) is 3.41. The molecule has 5 heteroatoms. The van der Waals surface area contributed by atoms with Crippen LogP contribution in [0.5, 0.6) is 0 Å². The molecule has 1 atom stereocenters. The van der Waals surface area contributed by atoms with E-state index in [2.05, 4.69) is 4.74 Å². The van der Waals surface area contributed by atoms with Gasteiger partial charge in [0.2, 0.25) is 0 Å². The maximum absolute atomic E-state index is 12.1. The highest BCUT2D eigenvalue weighted by molar-refractivity contribution is 7.91. The number of carbonyl (C=O) groups excluding carboxylic acids is 1. The van der Waals surface area contributed by atoms with E-state index in [-0.39, 0.29) is 10.6 Å². The van der Waals surface area contributed by atoms with E-state index < -0.39 is 21.7 Å². The average molecular weight is 256 g/mol. The van der Waals surface area contributed by atoms with Crippen molar-refractivity contribution in [2.75, 3.05) is 12.9 Å². The van der Waals surface area contributed by atoms with E-state index in [9.17, 15) is 13.2 Å². The highest BCUT2D eigenvalue weighted by Crippen LogP contribution is 2.18. The van der Waals surface area contributed by atoms with Gasteiger partial charge in [-0.3, -0.25) is 4.79 Å². The molecule has 0 aliphatic heterocycles. The highest BCUT2D eigenvalue weighted by Gasteiger charge is 2.24. The first-order valence-corrected chi connectivity index (χ1v) is 6.90. The van der Waals surface area contributed by atoms with E-state index in [1.54, 1.807) is 38.1 Å². The number of aryl methyl sites for hydroxylation is 1. The molecule has 1 rings (SSSR count). The molecule has 1 aromatic carbocycles. The molecule has 0 heterocycles. The number of hydrogen-bond donors (Lipinski definition) is 0. The molecule has 0 fully saturated rings. The summed E-state index contributed by atoms with van der Waals surface area (Å²) < 4.78 is 28.7. The molecule has 0 saturated carbocycles. The van der Waals surface area contributed by atoms with Crippen molar-refractivity contribution >= 4 is 15.8 Å². The minimum atomic E-state index is -3.45. The number of rotatable bonds is 4. The lowest BCUT2D eigenvalue weighted by molar-refractivity contribution is -0.144. The van der Waals surface area contributed by atoms with Crippen molar-refractivity contribution in [2.24, 2.45) is 5.92 Å². The first kappa shape index (κ1) is 13.7. The number of carbonyl (C=O) groups is 1. The van der Waals surface area contributed by atoms with E-state index in [0.717, 1.165) is 0 Å². The van der Waals surface area contributed by atoms with Crippen molar-refractivity contribution in [3.63, 3.8) is 0 Å². The Morgan fingerprint density at radius 1 is 1.35 bits per heavy atom. The van der Waals surface area contributed by atoms with Gasteiger partial charge in [-0.05, 0) is 18.6 Å². The van der Waals surface area contributed by atoms with Crippen LogP contribution in [0.3, 0.4) is 0 Å². The second-order valence-electron chi connectivity index (χ2n) is 3.97. The average Bonchev–Trinajstić information content (AvgIpc) is 2.27. The van der Waals surface area contributed by atoms with Crippen molar-refractivity contribution in [2.45, 2.75) is 18.7 Å². The van der Waals surface area contributed by atoms with Gasteiger partial charge < -0.3 is 4.74 Å². The Balaban J connectivity index is 2.98. The van der Waals surface area contributed by atoms with E-state index in [0.29, 0.717) is 5.56 Å². The molecule has 0 radical (unpaired) electrons. The van der Waals surface area contributed by atoms with Gasteiger partial charge in [0.05, 0.1) is 23.7 Å². The Kier molecular flexibility index (Phi) is 4.28. The van der Waals surface area contributed by atoms with Crippen LogP contribution >= 0.6 is 0 Å². The molecule has 1 unspecified atom stereocenters. The normalized spacial score (nSPS) is 13.1. The standard InChI is InChI=1S/C12H16O4S/c1-9-6-4-5-7-11(9)17(14,15)8-10(2)12(13)16-3/h4-7,10H,8H2,1-3H3. The number of hydrogen-bond acceptors (Lipinski definition) is 4. The highest BCUT2D eigenvalue weighted by atomic mass is 32.2. The number of esters is 1. The van der Waals surface area contributed by atoms with Crippen molar-refractivity contribution < 1.29 is 17.9 Å². The largest absolute Gasteiger partial charge is 0.469 e. The molecule has 0 spiro atoms. The summed E-state index contributed by atoms with van der Waals surface area (Å²) in [6.45, 7) is 3.28. The molecule has 17 heavy (non-hydrogen) atoms. The second kappa shape index (κ2) is 5.31. The third kappa shape index (κ3) is 3.30. The predicted molar refractivity (Wildman–Crippen MR) is 64.4 cm³/mol. The molecule has 0 N–H and O–H groups in total. The summed E-state index contributed by atoms with van der Waals surface area (Å²) >= 11 is 0. The number of ether oxygens (including phenoxy) is 1. The summed E-state index contributed by atoms with van der Waals surface area (Å²) in [7, 11) is -2.20. The van der Waals surface area contributed by atoms with Crippen LogP contribution in [0.25, 0.3) is 0 Å². The molecular weight excluding hydrogens is 240 g/mol. The zero-order valence-corrected chi connectivity index (χ0v) is 11.0. The Hall–Kier alpha value is -1.36. The summed E-state index contributed by atoms with van der Waals surface area (Å²) in [5.41, 5.74) is 0.685. The van der Waals surface area contributed by atoms with Gasteiger partial charge in [0.25, 0.3) is 0 Å². The lowest BCUT2D eigenvalue weighted by Crippen LogP contribution is -2.23. The zero-order valence-electron chi connectivity index (χ0n) is 10.1. The molecule has 4 nitrogen and oxygen atoms in total. The van der Waals surface area contributed by atoms with Crippen molar-refractivity contribution in [1.82, 2.24) is 0 Å². The minimum absolute atomic E-state index is 0.232. The van der Waals surface area contributed by atoms with Crippen LogP contribution in [-0.4, -0.2) is 27.2 Å². The summed E-state index contributed by atoms with van der Waals surface area (Å²) in [5, 5.41) is 0. The maximum atomic E-state index is 12.1. The van der Waals surface area contributed by atoms with Gasteiger partial charge in [0.1, 0.15) is 0 Å². The quantitative estimate of drug-likeness (QED) is 0.767. The van der Waals surface area contributed by atoms with Crippen molar-refractivity contribution in [3.8, 4) is 0 Å². The molecule has 0 aromatic heterocycles. The van der Waals surface area contributed by atoms with E-state index in [1.807, 2.05) is 0 Å². The molecule has 1 aromatic rings. The molecule has 0 bridgehead atoms. The van der Waals surface area contributed by atoms with Gasteiger partial charge in [-0.2, -0.15) is 0 Å². The van der Waals surface area contributed by atoms with Gasteiger partial charge in [-0.25, -0.2) is 8.42 Å². The van der Waals surface area contributed by atoms with Gasteiger partial charge in [-0.15, -0.1) is 0 Å². The third-order valence-corrected chi connectivity index (χ3v) is 4.57. The summed E-state index contributed by atoms with van der Waals surface area (Å²) in [5.74, 6) is -1.41. The SMILES string of the molecule is COC(=O)C(C)CS(=O)(=O)c1ccccc1C. The summed E-state index contributed by atoms with van der Waals surface area (Å²) in [6.07, 6.45) is 0. The minimum Gasteiger partial charge on any atom is -0.469 e. The van der Waals surface area contributed by atoms with Crippen LogP contribution in [0.1, 0.15) is 12.5 Å². The van der Waals surface area contributed by atoms with Crippen LogP contribution in [0.4, 0.5) is 0 Å². The fraction of sp³-hybridized carbons (Fsp3) is 0.417. The van der Waals surface area contributed by atoms with Gasteiger partial charge >= 0.3 is 5.97 Å². The predicted octanol–water partition coefficient (Wildman–Crippen LogP) is 1.58. The van der Waals surface area contributed by atoms with Crippen LogP contribution in [0, 0.1) is 12.8 Å². The summed E-state index contributed by atoms with van der Waals surface area (Å²) in [6, 6.07) is 6.73. The van der Waals surface area contributed by atoms with Crippen LogP contribution < -0.4 is 0 Å². The van der Waals surface area contributed by atoms with E-state index >= 15 is 0 Å². The zero-order chi connectivity index (χ0) is 13.1. The van der Waals surface area contributed by atoms with Gasteiger partial charge in [-0.1, -0.05) is 25.1 Å². The number of methoxy groups -OCH3 is 1. The number of benzene rings is 1. The van der Waals surface area contributed by atoms with Crippen molar-refractivity contribution in [3.05, 3.63) is 29.8 Å². The third-order valence-electron chi connectivity index (χ3n) is 2.50. The van der Waals surface area contributed by atoms with Gasteiger partial charge in [0.15, 0.2) is 9.84 Å². The van der Waals surface area contributed by atoms with Crippen LogP contribution in [0.2, 0.25) is 0 Å².